The van der Waals surface area contributed by atoms with E-state index in [4.69, 9.17) is 11.1 Å². The van der Waals surface area contributed by atoms with E-state index in [1.165, 1.54) is 6.07 Å². The van der Waals surface area contributed by atoms with Gasteiger partial charge in [0.05, 0.1) is 0 Å². The smallest absolute Gasteiger partial charge is 0.150 e. The molecule has 1 aromatic carbocycles. The van der Waals surface area contributed by atoms with Crippen molar-refractivity contribution in [2.24, 2.45) is 10.2 Å². The molecule has 1 aromatic rings. The maximum absolute atomic E-state index is 10.5. The van der Waals surface area contributed by atoms with Crippen molar-refractivity contribution >= 4 is 17.7 Å². The summed E-state index contributed by atoms with van der Waals surface area (Å²) in [5.41, 5.74) is 18.0. The second-order valence-corrected chi connectivity index (χ2v) is 2.70. The summed E-state index contributed by atoms with van der Waals surface area (Å²) in [7, 11) is 0. The number of aryl methyl sites for hydroxylation is 1. The van der Waals surface area contributed by atoms with Gasteiger partial charge in [-0.1, -0.05) is 10.2 Å². The summed E-state index contributed by atoms with van der Waals surface area (Å²) in [6.45, 7) is 1.66. The first kappa shape index (κ1) is 10.6. The minimum absolute atomic E-state index is 0.150. The Balaban J connectivity index is 3.54. The van der Waals surface area contributed by atoms with Crippen LogP contribution in [-0.2, 0) is 0 Å². The lowest BCUT2D eigenvalue weighted by Crippen LogP contribution is -1.82. The molecule has 0 saturated carbocycles. The molecule has 0 bridgehead atoms. The van der Waals surface area contributed by atoms with Gasteiger partial charge in [0.1, 0.15) is 6.29 Å². The van der Waals surface area contributed by atoms with Crippen molar-refractivity contribution in [2.45, 2.75) is 6.92 Å². The van der Waals surface area contributed by atoms with Crippen LogP contribution in [0.15, 0.2) is 22.4 Å². The zero-order chi connectivity index (χ0) is 11.3. The average Bonchev–Trinajstić information content (AvgIpc) is 2.23. The van der Waals surface area contributed by atoms with E-state index in [0.717, 1.165) is 0 Å². The molecule has 0 saturated heterocycles. The average molecular weight is 202 g/mol. The number of benzene rings is 1. The van der Waals surface area contributed by atoms with Crippen molar-refractivity contribution in [3.8, 4) is 0 Å². The Morgan fingerprint density at radius 1 is 1.27 bits per heavy atom. The first-order chi connectivity index (χ1) is 7.22. The highest BCUT2D eigenvalue weighted by Gasteiger charge is 2.04. The number of azide groups is 2. The van der Waals surface area contributed by atoms with E-state index in [-0.39, 0.29) is 11.4 Å². The number of aldehydes is 1. The Kier molecular flexibility index (Phi) is 3.29. The molecule has 0 aliphatic heterocycles. The topological polar surface area (TPSA) is 115 Å². The summed E-state index contributed by atoms with van der Waals surface area (Å²) < 4.78 is 0. The summed E-state index contributed by atoms with van der Waals surface area (Å²) in [6.07, 6.45) is 0.628. The fourth-order valence-electron chi connectivity index (χ4n) is 1.16. The quantitative estimate of drug-likeness (QED) is 0.316. The summed E-state index contributed by atoms with van der Waals surface area (Å²) in [6, 6.07) is 2.91. The highest BCUT2D eigenvalue weighted by molar-refractivity contribution is 5.81. The van der Waals surface area contributed by atoms with E-state index in [1.54, 1.807) is 13.0 Å². The minimum atomic E-state index is 0.150. The van der Waals surface area contributed by atoms with E-state index < -0.39 is 0 Å². The molecule has 0 heterocycles. The number of nitrogens with zero attached hydrogens (tertiary/aromatic N) is 6. The zero-order valence-electron chi connectivity index (χ0n) is 7.82. The van der Waals surface area contributed by atoms with Crippen LogP contribution in [0.1, 0.15) is 15.9 Å². The van der Waals surface area contributed by atoms with Gasteiger partial charge in [-0.05, 0) is 35.7 Å². The van der Waals surface area contributed by atoms with Gasteiger partial charge in [-0.25, -0.2) is 0 Å². The van der Waals surface area contributed by atoms with Gasteiger partial charge in [0, 0.05) is 26.8 Å². The van der Waals surface area contributed by atoms with Gasteiger partial charge in [0.2, 0.25) is 0 Å². The van der Waals surface area contributed by atoms with Crippen molar-refractivity contribution in [1.82, 2.24) is 0 Å². The lowest BCUT2D eigenvalue weighted by atomic mass is 10.1. The van der Waals surface area contributed by atoms with Crippen LogP contribution in [0.25, 0.3) is 20.9 Å². The largest absolute Gasteiger partial charge is 0.298 e. The van der Waals surface area contributed by atoms with Crippen LogP contribution in [0.2, 0.25) is 0 Å². The van der Waals surface area contributed by atoms with Crippen LogP contribution >= 0.6 is 0 Å². The molecule has 1 rings (SSSR count). The van der Waals surface area contributed by atoms with Crippen molar-refractivity contribution < 1.29 is 4.79 Å². The predicted molar refractivity (Wildman–Crippen MR) is 54.2 cm³/mol. The predicted octanol–water partition coefficient (Wildman–Crippen LogP) is 3.69. The third-order valence-corrected chi connectivity index (χ3v) is 1.74. The van der Waals surface area contributed by atoms with Crippen molar-refractivity contribution in [3.63, 3.8) is 0 Å². The van der Waals surface area contributed by atoms with E-state index in [2.05, 4.69) is 20.1 Å². The Morgan fingerprint density at radius 3 is 2.47 bits per heavy atom. The molecule has 0 amide bonds. The zero-order valence-corrected chi connectivity index (χ0v) is 7.82. The van der Waals surface area contributed by atoms with E-state index >= 15 is 0 Å². The van der Waals surface area contributed by atoms with Gasteiger partial charge in [-0.15, -0.1) is 0 Å². The molecule has 74 valence electrons. The molecule has 0 atom stereocenters. The Hall–Kier alpha value is -2.49. The maximum atomic E-state index is 10.5. The van der Waals surface area contributed by atoms with Crippen LogP contribution in [0, 0.1) is 6.92 Å². The summed E-state index contributed by atoms with van der Waals surface area (Å²) >= 11 is 0. The van der Waals surface area contributed by atoms with Crippen LogP contribution in [0.3, 0.4) is 0 Å². The van der Waals surface area contributed by atoms with Crippen LogP contribution < -0.4 is 0 Å². The van der Waals surface area contributed by atoms with Crippen LogP contribution in [0.4, 0.5) is 11.4 Å². The minimum Gasteiger partial charge on any atom is -0.298 e. The summed E-state index contributed by atoms with van der Waals surface area (Å²) in [5.74, 6) is 0. The normalized spacial score (nSPS) is 8.60. The Labute approximate surface area is 84.6 Å². The van der Waals surface area contributed by atoms with Gasteiger partial charge < -0.3 is 0 Å². The lowest BCUT2D eigenvalue weighted by Gasteiger charge is -2.03. The fourth-order valence-corrected chi connectivity index (χ4v) is 1.16. The van der Waals surface area contributed by atoms with Gasteiger partial charge in [0.15, 0.2) is 0 Å². The Bertz CT molecular complexity index is 496. The molecule has 0 fully saturated rings. The number of hydrogen-bond acceptors (Lipinski definition) is 3. The summed E-state index contributed by atoms with van der Waals surface area (Å²) in [4.78, 5) is 15.8. The number of hydrogen-bond donors (Lipinski definition) is 0. The third kappa shape index (κ3) is 2.25. The molecule has 0 unspecified atom stereocenters. The fraction of sp³-hybridized carbons (Fsp3) is 0.125. The first-order valence-electron chi connectivity index (χ1n) is 3.93. The molecule has 0 N–H and O–H groups in total. The van der Waals surface area contributed by atoms with Crippen molar-refractivity contribution in [1.29, 1.82) is 0 Å². The highest BCUT2D eigenvalue weighted by Crippen LogP contribution is 2.32. The molecule has 15 heavy (non-hydrogen) atoms. The van der Waals surface area contributed by atoms with Gasteiger partial charge in [0.25, 0.3) is 0 Å². The third-order valence-electron chi connectivity index (χ3n) is 1.74. The molecule has 0 spiro atoms. The van der Waals surface area contributed by atoms with Crippen molar-refractivity contribution in [3.05, 3.63) is 44.1 Å². The molecule has 0 aromatic heterocycles. The van der Waals surface area contributed by atoms with Crippen LogP contribution in [0.5, 0.6) is 0 Å². The van der Waals surface area contributed by atoms with E-state index in [0.29, 0.717) is 17.4 Å². The molecule has 7 nitrogen and oxygen atoms in total. The highest BCUT2D eigenvalue weighted by atomic mass is 16.1. The number of rotatable bonds is 3. The number of carbonyl (C=O) groups is 1. The number of carbonyl (C=O) groups excluding carboxylic acids is 1. The van der Waals surface area contributed by atoms with Gasteiger partial charge in [-0.2, -0.15) is 0 Å². The maximum Gasteiger partial charge on any atom is 0.150 e. The second kappa shape index (κ2) is 4.66. The lowest BCUT2D eigenvalue weighted by molar-refractivity contribution is 0.112. The Morgan fingerprint density at radius 2 is 1.93 bits per heavy atom. The van der Waals surface area contributed by atoms with Gasteiger partial charge >= 0.3 is 0 Å². The second-order valence-electron chi connectivity index (χ2n) is 2.70. The molecule has 0 radical (unpaired) electrons. The molecular formula is C8H6N6O. The molecule has 7 heteroatoms. The van der Waals surface area contributed by atoms with Crippen molar-refractivity contribution in [2.75, 3.05) is 0 Å². The van der Waals surface area contributed by atoms with E-state index in [1.807, 2.05) is 0 Å². The summed E-state index contributed by atoms with van der Waals surface area (Å²) in [5, 5.41) is 6.75. The monoisotopic (exact) mass is 202 g/mol. The SMILES string of the molecule is Cc1cc(C=O)cc(N=[N+]=[N-])c1N=[N+]=[N-]. The molecule has 0 aliphatic carbocycles. The van der Waals surface area contributed by atoms with Gasteiger partial charge in [-0.3, -0.25) is 4.79 Å². The van der Waals surface area contributed by atoms with Crippen LogP contribution in [-0.4, -0.2) is 6.29 Å². The standard InChI is InChI=1S/C8H6N6O/c1-5-2-6(4-15)3-7(11-13-9)8(5)12-14-10/h2-4H,1H3. The molecular weight excluding hydrogens is 196 g/mol. The van der Waals surface area contributed by atoms with E-state index in [9.17, 15) is 4.79 Å². The molecule has 0 aliphatic rings. The first-order valence-corrected chi connectivity index (χ1v) is 3.93.